The van der Waals surface area contributed by atoms with Crippen LogP contribution in [-0.2, 0) is 32.0 Å². The minimum absolute atomic E-state index is 0.0730. The van der Waals surface area contributed by atoms with Crippen LogP contribution in [0, 0.1) is 0 Å². The summed E-state index contributed by atoms with van der Waals surface area (Å²) in [6.07, 6.45) is 4.59. The zero-order valence-electron chi connectivity index (χ0n) is 16.0. The van der Waals surface area contributed by atoms with Crippen molar-refractivity contribution < 1.29 is 23.8 Å². The van der Waals surface area contributed by atoms with Gasteiger partial charge in [-0.2, -0.15) is 0 Å². The first kappa shape index (κ1) is 19.7. The van der Waals surface area contributed by atoms with E-state index in [2.05, 4.69) is 23.1 Å². The van der Waals surface area contributed by atoms with E-state index in [4.69, 9.17) is 14.2 Å². The number of carbonyl (C=O) groups excluding carboxylic acids is 2. The highest BCUT2D eigenvalue weighted by Gasteiger charge is 2.22. The molecular formula is C21H29NO5. The molecular weight excluding hydrogens is 346 g/mol. The average Bonchev–Trinajstić information content (AvgIpc) is 2.66. The third kappa shape index (κ3) is 6.24. The summed E-state index contributed by atoms with van der Waals surface area (Å²) in [5.74, 6) is -0.369. The maximum Gasteiger partial charge on any atom is 0.511 e. The zero-order valence-corrected chi connectivity index (χ0v) is 16.0. The number of benzene rings is 1. The molecule has 1 aliphatic carbocycles. The molecule has 6 heteroatoms. The lowest BCUT2D eigenvalue weighted by Crippen LogP contribution is -2.33. The predicted molar refractivity (Wildman–Crippen MR) is 100 cm³/mol. The SMILES string of the molecule is CC(OC(=O)CCN1CCc2ccccc2C1)OC(=O)OC1CCCCC1. The Bertz CT molecular complexity index is 641. The van der Waals surface area contributed by atoms with Crippen molar-refractivity contribution in [2.45, 2.75) is 70.8 Å². The first-order valence-corrected chi connectivity index (χ1v) is 9.96. The molecule has 0 bridgehead atoms. The van der Waals surface area contributed by atoms with Crippen molar-refractivity contribution >= 4 is 12.1 Å². The topological polar surface area (TPSA) is 65.1 Å². The third-order valence-electron chi connectivity index (χ3n) is 5.22. The van der Waals surface area contributed by atoms with Gasteiger partial charge in [-0.1, -0.05) is 30.7 Å². The Morgan fingerprint density at radius 2 is 1.85 bits per heavy atom. The molecule has 6 nitrogen and oxygen atoms in total. The van der Waals surface area contributed by atoms with Crippen LogP contribution in [0.1, 0.15) is 56.6 Å². The molecule has 1 saturated carbocycles. The second-order valence-corrected chi connectivity index (χ2v) is 7.35. The average molecular weight is 375 g/mol. The van der Waals surface area contributed by atoms with Crippen molar-refractivity contribution in [3.05, 3.63) is 35.4 Å². The number of rotatable bonds is 6. The third-order valence-corrected chi connectivity index (χ3v) is 5.22. The van der Waals surface area contributed by atoms with Crippen molar-refractivity contribution in [3.63, 3.8) is 0 Å². The van der Waals surface area contributed by atoms with E-state index in [1.54, 1.807) is 0 Å². The maximum atomic E-state index is 12.0. The number of ether oxygens (including phenoxy) is 3. The first-order valence-electron chi connectivity index (χ1n) is 9.96. The number of fused-ring (bicyclic) bond motifs is 1. The first-order chi connectivity index (χ1) is 13.1. The lowest BCUT2D eigenvalue weighted by Gasteiger charge is -2.28. The van der Waals surface area contributed by atoms with Gasteiger partial charge in [0.1, 0.15) is 6.10 Å². The maximum absolute atomic E-state index is 12.0. The molecule has 27 heavy (non-hydrogen) atoms. The van der Waals surface area contributed by atoms with Crippen LogP contribution < -0.4 is 0 Å². The minimum Gasteiger partial charge on any atom is -0.431 e. The lowest BCUT2D eigenvalue weighted by molar-refractivity contribution is -0.169. The molecule has 1 aromatic carbocycles. The fourth-order valence-corrected chi connectivity index (χ4v) is 3.74. The van der Waals surface area contributed by atoms with E-state index in [-0.39, 0.29) is 18.5 Å². The van der Waals surface area contributed by atoms with Crippen molar-refractivity contribution in [3.8, 4) is 0 Å². The van der Waals surface area contributed by atoms with Crippen molar-refractivity contribution in [1.29, 1.82) is 0 Å². The van der Waals surface area contributed by atoms with Gasteiger partial charge < -0.3 is 14.2 Å². The van der Waals surface area contributed by atoms with Gasteiger partial charge in [-0.05, 0) is 43.2 Å². The summed E-state index contributed by atoms with van der Waals surface area (Å²) in [6, 6.07) is 8.40. The predicted octanol–water partition coefficient (Wildman–Crippen LogP) is 3.81. The van der Waals surface area contributed by atoms with Gasteiger partial charge in [0.2, 0.25) is 6.29 Å². The Balaban J connectivity index is 1.33. The highest BCUT2D eigenvalue weighted by Crippen LogP contribution is 2.21. The molecule has 1 atom stereocenters. The fraction of sp³-hybridized carbons (Fsp3) is 0.619. The number of hydrogen-bond acceptors (Lipinski definition) is 6. The van der Waals surface area contributed by atoms with Crippen molar-refractivity contribution in [1.82, 2.24) is 4.90 Å². The summed E-state index contributed by atoms with van der Waals surface area (Å²) in [5, 5.41) is 0. The second-order valence-electron chi connectivity index (χ2n) is 7.35. The molecule has 0 spiro atoms. The van der Waals surface area contributed by atoms with Crippen LogP contribution in [0.4, 0.5) is 4.79 Å². The normalized spacial score (nSPS) is 19.0. The molecule has 148 valence electrons. The largest absolute Gasteiger partial charge is 0.511 e. The van der Waals surface area contributed by atoms with Crippen LogP contribution in [0.2, 0.25) is 0 Å². The molecule has 0 aromatic heterocycles. The van der Waals surface area contributed by atoms with Gasteiger partial charge >= 0.3 is 12.1 Å². The molecule has 1 fully saturated rings. The molecule has 1 heterocycles. The number of hydrogen-bond donors (Lipinski definition) is 0. The standard InChI is InChI=1S/C21H29NO5/c1-16(26-21(24)27-19-9-3-2-4-10-19)25-20(23)12-14-22-13-11-17-7-5-6-8-18(17)15-22/h5-8,16,19H,2-4,9-15H2,1H3. The summed E-state index contributed by atoms with van der Waals surface area (Å²) < 4.78 is 15.5. The van der Waals surface area contributed by atoms with E-state index in [1.807, 2.05) is 6.07 Å². The van der Waals surface area contributed by atoms with Gasteiger partial charge in [0, 0.05) is 26.6 Å². The Morgan fingerprint density at radius 1 is 1.11 bits per heavy atom. The van der Waals surface area contributed by atoms with Crippen LogP contribution >= 0.6 is 0 Å². The van der Waals surface area contributed by atoms with E-state index >= 15 is 0 Å². The van der Waals surface area contributed by atoms with Gasteiger partial charge in [-0.15, -0.1) is 0 Å². The number of esters is 1. The summed E-state index contributed by atoms with van der Waals surface area (Å²) in [4.78, 5) is 26.1. The molecule has 1 aliphatic heterocycles. The van der Waals surface area contributed by atoms with Gasteiger partial charge in [0.05, 0.1) is 6.42 Å². The molecule has 0 saturated heterocycles. The monoisotopic (exact) mass is 375 g/mol. The van der Waals surface area contributed by atoms with Crippen LogP contribution in [0.25, 0.3) is 0 Å². The van der Waals surface area contributed by atoms with E-state index in [1.165, 1.54) is 24.5 Å². The van der Waals surface area contributed by atoms with Gasteiger partial charge in [-0.25, -0.2) is 4.79 Å². The number of carbonyl (C=O) groups is 2. The summed E-state index contributed by atoms with van der Waals surface area (Å²) in [7, 11) is 0. The zero-order chi connectivity index (χ0) is 19.1. The van der Waals surface area contributed by atoms with Crippen LogP contribution in [0.5, 0.6) is 0 Å². The van der Waals surface area contributed by atoms with Crippen LogP contribution in [-0.4, -0.2) is 42.5 Å². The minimum atomic E-state index is -0.935. The van der Waals surface area contributed by atoms with E-state index < -0.39 is 12.4 Å². The van der Waals surface area contributed by atoms with E-state index in [0.717, 1.165) is 45.2 Å². The fourth-order valence-electron chi connectivity index (χ4n) is 3.74. The molecule has 3 rings (SSSR count). The summed E-state index contributed by atoms with van der Waals surface area (Å²) >= 11 is 0. The van der Waals surface area contributed by atoms with E-state index in [9.17, 15) is 9.59 Å². The Hall–Kier alpha value is -2.08. The van der Waals surface area contributed by atoms with Crippen molar-refractivity contribution in [2.24, 2.45) is 0 Å². The molecule has 0 radical (unpaired) electrons. The summed E-state index contributed by atoms with van der Waals surface area (Å²) in [6.45, 7) is 3.96. The quantitative estimate of drug-likeness (QED) is 0.556. The van der Waals surface area contributed by atoms with Gasteiger partial charge in [0.15, 0.2) is 0 Å². The Kier molecular flexibility index (Phi) is 7.10. The van der Waals surface area contributed by atoms with Crippen LogP contribution in [0.3, 0.4) is 0 Å². The van der Waals surface area contributed by atoms with Gasteiger partial charge in [-0.3, -0.25) is 9.69 Å². The van der Waals surface area contributed by atoms with Crippen molar-refractivity contribution in [2.75, 3.05) is 13.1 Å². The molecule has 0 amide bonds. The second kappa shape index (κ2) is 9.74. The summed E-state index contributed by atoms with van der Waals surface area (Å²) in [5.41, 5.74) is 2.70. The molecule has 0 N–H and O–H groups in total. The van der Waals surface area contributed by atoms with E-state index in [0.29, 0.717) is 6.54 Å². The van der Waals surface area contributed by atoms with Gasteiger partial charge in [0.25, 0.3) is 0 Å². The number of nitrogens with zero attached hydrogens (tertiary/aromatic N) is 1. The Labute approximate surface area is 160 Å². The molecule has 2 aliphatic rings. The molecule has 1 unspecified atom stereocenters. The van der Waals surface area contributed by atoms with Crippen LogP contribution in [0.15, 0.2) is 24.3 Å². The lowest BCUT2D eigenvalue weighted by atomic mass is 9.98. The highest BCUT2D eigenvalue weighted by molar-refractivity contribution is 5.70. The molecule has 1 aromatic rings. The smallest absolute Gasteiger partial charge is 0.431 e. The highest BCUT2D eigenvalue weighted by atomic mass is 16.8. The Morgan fingerprint density at radius 3 is 2.63 bits per heavy atom.